The minimum Gasteiger partial charge on any atom is -0.480 e. The lowest BCUT2D eigenvalue weighted by Crippen LogP contribution is -2.37. The van der Waals surface area contributed by atoms with Crippen molar-refractivity contribution >= 4 is 35.3 Å². The summed E-state index contributed by atoms with van der Waals surface area (Å²) in [5.41, 5.74) is 5.08. The van der Waals surface area contributed by atoms with Crippen molar-refractivity contribution in [3.63, 3.8) is 0 Å². The molecule has 0 unspecified atom stereocenters. The summed E-state index contributed by atoms with van der Waals surface area (Å²) in [4.78, 5) is 37.8. The second-order valence-electron chi connectivity index (χ2n) is 8.70. The highest BCUT2D eigenvalue weighted by atomic mass is 35.5. The Labute approximate surface area is 207 Å². The number of nitrogens with one attached hydrogen (secondary N) is 1. The van der Waals surface area contributed by atoms with Crippen molar-refractivity contribution in [2.75, 3.05) is 18.5 Å². The van der Waals surface area contributed by atoms with Crippen LogP contribution in [0.3, 0.4) is 0 Å². The van der Waals surface area contributed by atoms with Crippen molar-refractivity contribution in [3.05, 3.63) is 88.4 Å². The van der Waals surface area contributed by atoms with Gasteiger partial charge >= 0.3 is 12.1 Å². The first-order chi connectivity index (χ1) is 16.9. The Morgan fingerprint density at radius 3 is 2.17 bits per heavy atom. The number of nitrogens with zero attached hydrogens (tertiary/aromatic N) is 1. The molecule has 0 radical (unpaired) electrons. The Balaban J connectivity index is 1.25. The number of carbonyl (C=O) groups excluding carboxylic acids is 2. The van der Waals surface area contributed by atoms with Gasteiger partial charge in [0.1, 0.15) is 13.2 Å². The number of halogens is 1. The number of carbonyl (C=O) groups is 3. The lowest BCUT2D eigenvalue weighted by Gasteiger charge is -2.20. The number of carboxylic acids is 1. The summed E-state index contributed by atoms with van der Waals surface area (Å²) < 4.78 is 5.55. The van der Waals surface area contributed by atoms with Crippen molar-refractivity contribution in [2.24, 2.45) is 0 Å². The zero-order valence-corrected chi connectivity index (χ0v) is 19.5. The number of aliphatic carboxylic acids is 1. The van der Waals surface area contributed by atoms with E-state index in [2.05, 4.69) is 17.4 Å². The summed E-state index contributed by atoms with van der Waals surface area (Å²) >= 11 is 6.33. The molecule has 1 saturated carbocycles. The van der Waals surface area contributed by atoms with Crippen LogP contribution in [0.25, 0.3) is 11.1 Å². The molecule has 3 aromatic carbocycles. The summed E-state index contributed by atoms with van der Waals surface area (Å²) in [6.45, 7) is -0.194. The van der Waals surface area contributed by atoms with E-state index < -0.39 is 18.0 Å². The maximum Gasteiger partial charge on any atom is 0.411 e. The molecular formula is C27H23ClN2O5. The van der Waals surface area contributed by atoms with E-state index in [0.29, 0.717) is 5.69 Å². The zero-order chi connectivity index (χ0) is 24.5. The summed E-state index contributed by atoms with van der Waals surface area (Å²) in [6.07, 6.45) is 0.917. The van der Waals surface area contributed by atoms with Crippen LogP contribution in [0, 0.1) is 0 Å². The van der Waals surface area contributed by atoms with E-state index in [0.717, 1.165) is 35.1 Å². The monoisotopic (exact) mass is 490 g/mol. The van der Waals surface area contributed by atoms with E-state index in [9.17, 15) is 14.4 Å². The number of hydrogen-bond acceptors (Lipinski definition) is 4. The number of carboxylic acid groups (broad SMARTS) is 1. The molecule has 5 rings (SSSR count). The molecule has 2 aliphatic carbocycles. The molecular weight excluding hydrogens is 468 g/mol. The minimum atomic E-state index is -1.06. The summed E-state index contributed by atoms with van der Waals surface area (Å²) in [5.74, 6) is -1.53. The predicted molar refractivity (Wildman–Crippen MR) is 132 cm³/mol. The van der Waals surface area contributed by atoms with Crippen LogP contribution in [0.2, 0.25) is 5.02 Å². The summed E-state index contributed by atoms with van der Waals surface area (Å²) in [6, 6.07) is 20.6. The number of benzene rings is 3. The third kappa shape index (κ3) is 4.72. The second-order valence-corrected chi connectivity index (χ2v) is 9.11. The third-order valence-electron chi connectivity index (χ3n) is 6.35. The minimum absolute atomic E-state index is 0.0593. The van der Waals surface area contributed by atoms with E-state index in [1.165, 1.54) is 23.1 Å². The van der Waals surface area contributed by atoms with E-state index in [1.807, 2.05) is 36.4 Å². The van der Waals surface area contributed by atoms with Gasteiger partial charge in [-0.15, -0.1) is 0 Å². The molecule has 0 aromatic heterocycles. The Morgan fingerprint density at radius 2 is 1.60 bits per heavy atom. The number of rotatable bonds is 7. The average Bonchev–Trinajstić information content (AvgIpc) is 3.64. The predicted octanol–water partition coefficient (Wildman–Crippen LogP) is 5.39. The fourth-order valence-corrected chi connectivity index (χ4v) is 4.79. The van der Waals surface area contributed by atoms with Crippen molar-refractivity contribution in [3.8, 4) is 11.1 Å². The van der Waals surface area contributed by atoms with Crippen LogP contribution >= 0.6 is 11.6 Å². The molecule has 0 aliphatic heterocycles. The SMILES string of the molecule is O=C(O)CN(C(=O)c1ccc(NC(=O)OCC2c3ccccc3-c3ccccc32)c(Cl)c1)C1CC1. The Hall–Kier alpha value is -3.84. The zero-order valence-electron chi connectivity index (χ0n) is 18.7. The van der Waals surface area contributed by atoms with Crippen LogP contribution in [0.15, 0.2) is 66.7 Å². The van der Waals surface area contributed by atoms with E-state index >= 15 is 0 Å². The highest BCUT2D eigenvalue weighted by Gasteiger charge is 2.34. The first kappa shape index (κ1) is 22.9. The van der Waals surface area contributed by atoms with Crippen LogP contribution in [-0.4, -0.2) is 47.2 Å². The average molecular weight is 491 g/mol. The molecule has 1 fully saturated rings. The standard InChI is InChI=1S/C27H23ClN2O5/c28-23-13-16(26(33)30(14-25(31)32)17-10-11-17)9-12-24(23)29-27(34)35-15-22-20-7-3-1-5-18(20)19-6-2-4-8-21(19)22/h1-9,12-13,17,22H,10-11,14-15H2,(H,29,34)(H,31,32). The molecule has 2 amide bonds. The number of anilines is 1. The molecule has 0 heterocycles. The van der Waals surface area contributed by atoms with Gasteiger partial charge < -0.3 is 14.7 Å². The molecule has 0 bridgehead atoms. The number of ether oxygens (including phenoxy) is 1. The van der Waals surface area contributed by atoms with Gasteiger partial charge in [0.15, 0.2) is 0 Å². The van der Waals surface area contributed by atoms with Gasteiger partial charge in [0.05, 0.1) is 10.7 Å². The quantitative estimate of drug-likeness (QED) is 0.463. The van der Waals surface area contributed by atoms with E-state index in [-0.39, 0.29) is 35.7 Å². The lowest BCUT2D eigenvalue weighted by molar-refractivity contribution is -0.137. The molecule has 8 heteroatoms. The van der Waals surface area contributed by atoms with Gasteiger partial charge in [0, 0.05) is 17.5 Å². The molecule has 7 nitrogen and oxygen atoms in total. The molecule has 2 N–H and O–H groups in total. The van der Waals surface area contributed by atoms with Crippen molar-refractivity contribution < 1.29 is 24.2 Å². The normalized spacial score (nSPS) is 14.1. The number of hydrogen-bond donors (Lipinski definition) is 2. The maximum absolute atomic E-state index is 12.8. The molecule has 0 saturated heterocycles. The highest BCUT2D eigenvalue weighted by Crippen LogP contribution is 2.44. The van der Waals surface area contributed by atoms with Crippen molar-refractivity contribution in [1.82, 2.24) is 4.90 Å². The van der Waals surface area contributed by atoms with Crippen molar-refractivity contribution in [2.45, 2.75) is 24.8 Å². The Kier molecular flexibility index (Phi) is 6.17. The first-order valence-corrected chi connectivity index (χ1v) is 11.7. The van der Waals surface area contributed by atoms with Gasteiger partial charge in [-0.1, -0.05) is 60.1 Å². The van der Waals surface area contributed by atoms with Crippen LogP contribution in [0.1, 0.15) is 40.2 Å². The smallest absolute Gasteiger partial charge is 0.411 e. The van der Waals surface area contributed by atoms with Crippen LogP contribution < -0.4 is 5.32 Å². The topological polar surface area (TPSA) is 95.9 Å². The van der Waals surface area contributed by atoms with Crippen LogP contribution in [-0.2, 0) is 9.53 Å². The lowest BCUT2D eigenvalue weighted by atomic mass is 9.98. The summed E-state index contributed by atoms with van der Waals surface area (Å²) in [7, 11) is 0. The van der Waals surface area contributed by atoms with Gasteiger partial charge in [0.2, 0.25) is 0 Å². The molecule has 3 aromatic rings. The van der Waals surface area contributed by atoms with Gasteiger partial charge in [-0.3, -0.25) is 14.9 Å². The molecule has 35 heavy (non-hydrogen) atoms. The molecule has 0 spiro atoms. The van der Waals surface area contributed by atoms with Gasteiger partial charge in [-0.2, -0.15) is 0 Å². The van der Waals surface area contributed by atoms with Gasteiger partial charge in [-0.05, 0) is 53.3 Å². The van der Waals surface area contributed by atoms with Crippen LogP contribution in [0.5, 0.6) is 0 Å². The molecule has 0 atom stereocenters. The molecule has 2 aliphatic rings. The van der Waals surface area contributed by atoms with Crippen molar-refractivity contribution in [1.29, 1.82) is 0 Å². The fourth-order valence-electron chi connectivity index (χ4n) is 4.56. The fraction of sp³-hybridized carbons (Fsp3) is 0.222. The number of amides is 2. The summed E-state index contributed by atoms with van der Waals surface area (Å²) in [5, 5.41) is 11.9. The second kappa shape index (κ2) is 9.43. The maximum atomic E-state index is 12.8. The number of fused-ring (bicyclic) bond motifs is 3. The largest absolute Gasteiger partial charge is 0.480 e. The van der Waals surface area contributed by atoms with Crippen LogP contribution in [0.4, 0.5) is 10.5 Å². The van der Waals surface area contributed by atoms with E-state index in [1.54, 1.807) is 0 Å². The van der Waals surface area contributed by atoms with Gasteiger partial charge in [-0.25, -0.2) is 4.79 Å². The third-order valence-corrected chi connectivity index (χ3v) is 6.66. The highest BCUT2D eigenvalue weighted by molar-refractivity contribution is 6.34. The van der Waals surface area contributed by atoms with E-state index in [4.69, 9.17) is 21.4 Å². The Bertz CT molecular complexity index is 1270. The molecule has 178 valence electrons. The first-order valence-electron chi connectivity index (χ1n) is 11.4. The Morgan fingerprint density at radius 1 is 0.971 bits per heavy atom. The van der Waals surface area contributed by atoms with Gasteiger partial charge in [0.25, 0.3) is 5.91 Å².